The Morgan fingerprint density at radius 1 is 0.919 bits per heavy atom. The fraction of sp³-hybridized carbons (Fsp3) is 0.188. The van der Waals surface area contributed by atoms with Crippen LogP contribution in [-0.2, 0) is 11.2 Å². The molecule has 1 aliphatic rings. The average molecular weight is 492 g/mol. The molecule has 1 heterocycles. The Morgan fingerprint density at radius 2 is 1.59 bits per heavy atom. The van der Waals surface area contributed by atoms with E-state index in [0.29, 0.717) is 22.6 Å². The third-order valence-corrected chi connectivity index (χ3v) is 6.85. The van der Waals surface area contributed by atoms with Crippen molar-refractivity contribution in [2.45, 2.75) is 38.7 Å². The minimum absolute atomic E-state index is 0.103. The van der Waals surface area contributed by atoms with Crippen LogP contribution in [0.1, 0.15) is 52.4 Å². The third-order valence-electron chi connectivity index (χ3n) is 6.85. The predicted octanol–water partition coefficient (Wildman–Crippen LogP) is 6.84. The number of benzene rings is 4. The number of carbonyl (C=O) groups is 2. The van der Waals surface area contributed by atoms with E-state index in [-0.39, 0.29) is 23.8 Å². The van der Waals surface area contributed by atoms with Gasteiger partial charge < -0.3 is 15.2 Å². The van der Waals surface area contributed by atoms with Crippen molar-refractivity contribution in [1.29, 1.82) is 0 Å². The van der Waals surface area contributed by atoms with Crippen LogP contribution in [0.25, 0.3) is 11.1 Å². The Labute approximate surface area is 216 Å². The Hall–Kier alpha value is -4.38. The Bertz CT molecular complexity index is 1470. The lowest BCUT2D eigenvalue weighted by Gasteiger charge is -2.26. The van der Waals surface area contributed by atoms with Crippen molar-refractivity contribution in [3.63, 3.8) is 0 Å². The van der Waals surface area contributed by atoms with Crippen molar-refractivity contribution in [3.05, 3.63) is 119 Å². The minimum atomic E-state index is -1.00. The van der Waals surface area contributed by atoms with Crippen molar-refractivity contribution in [2.24, 2.45) is 0 Å². The lowest BCUT2D eigenvalue weighted by Crippen LogP contribution is -2.31. The number of anilines is 1. The summed E-state index contributed by atoms with van der Waals surface area (Å²) in [6, 6.07) is 28.7. The first-order chi connectivity index (χ1) is 17.7. The van der Waals surface area contributed by atoms with Crippen LogP contribution in [-0.4, -0.2) is 22.6 Å². The summed E-state index contributed by atoms with van der Waals surface area (Å²) in [4.78, 5) is 25.2. The molecule has 0 saturated heterocycles. The molecule has 2 N–H and O–H groups in total. The summed E-state index contributed by atoms with van der Waals surface area (Å²) in [6.07, 6.45) is 0.219. The molecule has 5 rings (SSSR count). The molecule has 0 aromatic heterocycles. The molecule has 0 saturated carbocycles. The van der Waals surface area contributed by atoms with Crippen LogP contribution in [0, 0.1) is 6.92 Å². The molecule has 1 unspecified atom stereocenters. The minimum Gasteiger partial charge on any atom is -0.484 e. The Morgan fingerprint density at radius 3 is 2.30 bits per heavy atom. The van der Waals surface area contributed by atoms with Gasteiger partial charge in [-0.15, -0.1) is 0 Å². The second-order valence-electron chi connectivity index (χ2n) is 10.1. The van der Waals surface area contributed by atoms with E-state index in [1.54, 1.807) is 18.2 Å². The van der Waals surface area contributed by atoms with Gasteiger partial charge in [0.15, 0.2) is 0 Å². The van der Waals surface area contributed by atoms with Crippen molar-refractivity contribution in [1.82, 2.24) is 0 Å². The maximum atomic E-state index is 13.1. The molecule has 4 aromatic carbocycles. The monoisotopic (exact) mass is 491 g/mol. The molecule has 37 heavy (non-hydrogen) atoms. The molecule has 0 radical (unpaired) electrons. The Kier molecular flexibility index (Phi) is 6.30. The van der Waals surface area contributed by atoms with Gasteiger partial charge in [-0.2, -0.15) is 0 Å². The molecule has 0 aliphatic carbocycles. The first-order valence-corrected chi connectivity index (χ1v) is 12.3. The summed E-state index contributed by atoms with van der Waals surface area (Å²) in [5, 5.41) is 12.9. The summed E-state index contributed by atoms with van der Waals surface area (Å²) < 4.78 is 6.50. The van der Waals surface area contributed by atoms with Crippen molar-refractivity contribution < 1.29 is 19.4 Å². The SMILES string of the molecule is Cc1ccc(CC(=O)Nc2cc(-c3ccccc3C(=O)O)cc3c2OC(C)(C)C3c2ccccc2)cc1. The van der Waals surface area contributed by atoms with Crippen LogP contribution in [0.3, 0.4) is 0 Å². The highest BCUT2D eigenvalue weighted by Crippen LogP contribution is 2.52. The third kappa shape index (κ3) is 4.85. The molecule has 5 heteroatoms. The van der Waals surface area contributed by atoms with E-state index in [1.807, 2.05) is 81.4 Å². The van der Waals surface area contributed by atoms with Crippen LogP contribution in [0.5, 0.6) is 5.75 Å². The molecule has 186 valence electrons. The number of fused-ring (bicyclic) bond motifs is 1. The number of carbonyl (C=O) groups excluding carboxylic acids is 1. The number of aromatic carboxylic acids is 1. The first-order valence-electron chi connectivity index (χ1n) is 12.3. The summed E-state index contributed by atoms with van der Waals surface area (Å²) in [6.45, 7) is 6.08. The van der Waals surface area contributed by atoms with Gasteiger partial charge in [0.05, 0.1) is 23.6 Å². The standard InChI is InChI=1S/C32H29NO4/c1-20-13-15-21(16-14-20)17-28(34)33-27-19-23(24-11-7-8-12-25(24)31(35)36)18-26-29(22-9-5-4-6-10-22)32(2,3)37-30(26)27/h4-16,18-19,29H,17H2,1-3H3,(H,33,34)(H,35,36). The number of rotatable bonds is 6. The van der Waals surface area contributed by atoms with Gasteiger partial charge in [-0.05, 0) is 61.2 Å². The predicted molar refractivity (Wildman–Crippen MR) is 145 cm³/mol. The molecule has 4 aromatic rings. The number of hydrogen-bond acceptors (Lipinski definition) is 3. The van der Waals surface area contributed by atoms with Gasteiger partial charge in [-0.25, -0.2) is 4.79 Å². The van der Waals surface area contributed by atoms with Gasteiger partial charge in [-0.3, -0.25) is 4.79 Å². The number of amides is 1. The van der Waals surface area contributed by atoms with Crippen molar-refractivity contribution in [2.75, 3.05) is 5.32 Å². The fourth-order valence-electron chi connectivity index (χ4n) is 5.16. The zero-order chi connectivity index (χ0) is 26.2. The van der Waals surface area contributed by atoms with Gasteiger partial charge >= 0.3 is 5.97 Å². The van der Waals surface area contributed by atoms with Gasteiger partial charge in [0.2, 0.25) is 5.91 Å². The van der Waals surface area contributed by atoms with Gasteiger partial charge in [0.25, 0.3) is 0 Å². The Balaban J connectivity index is 1.63. The molecule has 1 atom stereocenters. The average Bonchev–Trinajstić information content (AvgIpc) is 3.16. The number of carboxylic acids is 1. The van der Waals surface area contributed by atoms with Crippen molar-refractivity contribution in [3.8, 4) is 16.9 Å². The topological polar surface area (TPSA) is 75.6 Å². The highest BCUT2D eigenvalue weighted by molar-refractivity contribution is 5.99. The van der Waals surface area contributed by atoms with E-state index >= 15 is 0 Å². The lowest BCUT2D eigenvalue weighted by atomic mass is 9.80. The summed E-state index contributed by atoms with van der Waals surface area (Å²) in [5.74, 6) is -0.655. The van der Waals surface area contributed by atoms with Crippen molar-refractivity contribution >= 4 is 17.6 Å². The highest BCUT2D eigenvalue weighted by atomic mass is 16.5. The van der Waals surface area contributed by atoms with E-state index in [4.69, 9.17) is 4.74 Å². The van der Waals surface area contributed by atoms with Gasteiger partial charge in [-0.1, -0.05) is 78.4 Å². The van der Waals surface area contributed by atoms with E-state index in [2.05, 4.69) is 17.4 Å². The number of aryl methyl sites for hydroxylation is 1. The van der Waals surface area contributed by atoms with Gasteiger partial charge in [0.1, 0.15) is 11.4 Å². The van der Waals surface area contributed by atoms with Gasteiger partial charge in [0, 0.05) is 5.56 Å². The fourth-order valence-corrected chi connectivity index (χ4v) is 5.16. The molecular weight excluding hydrogens is 462 g/mol. The quantitative estimate of drug-likeness (QED) is 0.309. The summed E-state index contributed by atoms with van der Waals surface area (Å²) >= 11 is 0. The first kappa shape index (κ1) is 24.3. The number of nitrogens with one attached hydrogen (secondary N) is 1. The number of carboxylic acid groups (broad SMARTS) is 1. The maximum absolute atomic E-state index is 13.1. The molecule has 0 bridgehead atoms. The largest absolute Gasteiger partial charge is 0.484 e. The van der Waals surface area contributed by atoms with E-state index in [9.17, 15) is 14.7 Å². The lowest BCUT2D eigenvalue weighted by molar-refractivity contribution is -0.115. The number of ether oxygens (including phenoxy) is 1. The molecule has 0 spiro atoms. The smallest absolute Gasteiger partial charge is 0.336 e. The molecule has 1 aliphatic heterocycles. The summed E-state index contributed by atoms with van der Waals surface area (Å²) in [5.41, 5.74) is 5.51. The second kappa shape index (κ2) is 9.58. The van der Waals surface area contributed by atoms with Crippen LogP contribution in [0.4, 0.5) is 5.69 Å². The van der Waals surface area contributed by atoms with Crippen LogP contribution in [0.15, 0.2) is 91.0 Å². The molecule has 5 nitrogen and oxygen atoms in total. The van der Waals surface area contributed by atoms with E-state index in [1.165, 1.54) is 0 Å². The van der Waals surface area contributed by atoms with E-state index in [0.717, 1.165) is 22.3 Å². The van der Waals surface area contributed by atoms with Crippen LogP contribution < -0.4 is 10.1 Å². The zero-order valence-electron chi connectivity index (χ0n) is 21.1. The second-order valence-corrected chi connectivity index (χ2v) is 10.1. The van der Waals surface area contributed by atoms with Crippen LogP contribution >= 0.6 is 0 Å². The van der Waals surface area contributed by atoms with E-state index < -0.39 is 11.6 Å². The van der Waals surface area contributed by atoms with Crippen LogP contribution in [0.2, 0.25) is 0 Å². The highest BCUT2D eigenvalue weighted by Gasteiger charge is 2.43. The molecular formula is C32H29NO4. The zero-order valence-corrected chi connectivity index (χ0v) is 21.1. The molecule has 0 fully saturated rings. The normalized spacial score (nSPS) is 15.5. The summed E-state index contributed by atoms with van der Waals surface area (Å²) in [7, 11) is 0. The molecule has 1 amide bonds. The maximum Gasteiger partial charge on any atom is 0.336 e. The number of hydrogen-bond donors (Lipinski definition) is 2.